The van der Waals surface area contributed by atoms with Crippen molar-refractivity contribution in [3.63, 3.8) is 0 Å². The van der Waals surface area contributed by atoms with Gasteiger partial charge in [0.15, 0.2) is 0 Å². The summed E-state index contributed by atoms with van der Waals surface area (Å²) in [6.45, 7) is 11.0. The molecule has 0 unspecified atom stereocenters. The Morgan fingerprint density at radius 3 is 1.12 bits per heavy atom. The van der Waals surface area contributed by atoms with Gasteiger partial charge in [0, 0.05) is 0 Å². The predicted molar refractivity (Wildman–Crippen MR) is 40.0 cm³/mol. The van der Waals surface area contributed by atoms with E-state index < -0.39 is 0 Å². The van der Waals surface area contributed by atoms with Gasteiger partial charge >= 0.3 is 0 Å². The van der Waals surface area contributed by atoms with E-state index in [1.54, 1.807) is 17.9 Å². The summed E-state index contributed by atoms with van der Waals surface area (Å²) in [6, 6.07) is 0. The van der Waals surface area contributed by atoms with Crippen molar-refractivity contribution in [1.29, 1.82) is 0 Å². The Morgan fingerprint density at radius 1 is 0.875 bits per heavy atom. The Kier molecular flexibility index (Phi) is 8.02. The summed E-state index contributed by atoms with van der Waals surface area (Å²) in [4.78, 5) is 0. The van der Waals surface area contributed by atoms with E-state index in [4.69, 9.17) is 0 Å². The standard InChI is InChI=1S/C6H9B.H2O/c1-4-7(5-2)6-3;/h4-6H,1-3H2;1H2. The van der Waals surface area contributed by atoms with Crippen molar-refractivity contribution in [2.24, 2.45) is 0 Å². The van der Waals surface area contributed by atoms with Crippen LogP contribution in [0.25, 0.3) is 0 Å². The van der Waals surface area contributed by atoms with Gasteiger partial charge in [0.25, 0.3) is 0 Å². The summed E-state index contributed by atoms with van der Waals surface area (Å²) in [7, 11) is 0. The molecule has 0 aliphatic rings. The van der Waals surface area contributed by atoms with E-state index in [-0.39, 0.29) is 12.2 Å². The minimum absolute atomic E-state index is 0. The number of rotatable bonds is 3. The van der Waals surface area contributed by atoms with Crippen molar-refractivity contribution >= 4 is 6.71 Å². The first-order valence-corrected chi connectivity index (χ1v) is 2.22. The molecule has 0 atom stereocenters. The maximum atomic E-state index is 3.56. The molecule has 44 valence electrons. The zero-order chi connectivity index (χ0) is 5.70. The fraction of sp³-hybridized carbons (Fsp3) is 0. The second kappa shape index (κ2) is 6.24. The molecule has 0 saturated carbocycles. The molecule has 0 fully saturated rings. The van der Waals surface area contributed by atoms with Gasteiger partial charge in [-0.1, -0.05) is 0 Å². The van der Waals surface area contributed by atoms with E-state index in [1.165, 1.54) is 0 Å². The second-order valence-electron chi connectivity index (χ2n) is 1.28. The van der Waals surface area contributed by atoms with Crippen LogP contribution in [0.3, 0.4) is 0 Å². The lowest BCUT2D eigenvalue weighted by Crippen LogP contribution is -1.97. The van der Waals surface area contributed by atoms with Crippen LogP contribution in [0.1, 0.15) is 0 Å². The molecule has 0 aromatic rings. The summed E-state index contributed by atoms with van der Waals surface area (Å²) >= 11 is 0. The van der Waals surface area contributed by atoms with Crippen molar-refractivity contribution in [2.75, 3.05) is 0 Å². The summed E-state index contributed by atoms with van der Waals surface area (Å²) in [5.74, 6) is 5.38. The van der Waals surface area contributed by atoms with Gasteiger partial charge in [0.05, 0.1) is 0 Å². The third-order valence-corrected chi connectivity index (χ3v) is 0.816. The molecule has 0 rings (SSSR count). The second-order valence-corrected chi connectivity index (χ2v) is 1.28. The number of hydrogen-bond donors (Lipinski definition) is 0. The quantitative estimate of drug-likeness (QED) is 0.482. The molecule has 0 saturated heterocycles. The van der Waals surface area contributed by atoms with Gasteiger partial charge in [-0.2, -0.15) is 0 Å². The van der Waals surface area contributed by atoms with E-state index in [9.17, 15) is 0 Å². The number of hydrogen-bond acceptors (Lipinski definition) is 0. The van der Waals surface area contributed by atoms with E-state index >= 15 is 0 Å². The lowest BCUT2D eigenvalue weighted by atomic mass is 9.51. The van der Waals surface area contributed by atoms with Gasteiger partial charge in [0.2, 0.25) is 6.71 Å². The average Bonchev–Trinajstić information content (AvgIpc) is 1.72. The van der Waals surface area contributed by atoms with Crippen LogP contribution in [0.15, 0.2) is 37.7 Å². The summed E-state index contributed by atoms with van der Waals surface area (Å²) in [6.07, 6.45) is 0. The van der Waals surface area contributed by atoms with Gasteiger partial charge < -0.3 is 5.48 Å². The van der Waals surface area contributed by atoms with Crippen LogP contribution in [0.4, 0.5) is 0 Å². The predicted octanol–water partition coefficient (Wildman–Crippen LogP) is 0.832. The third-order valence-electron chi connectivity index (χ3n) is 0.816. The molecule has 0 amide bonds. The minimum atomic E-state index is 0. The Hall–Kier alpha value is -0.755. The lowest BCUT2D eigenvalue weighted by molar-refractivity contribution is 0.824. The van der Waals surface area contributed by atoms with Crippen LogP contribution >= 0.6 is 0 Å². The Labute approximate surface area is 50.8 Å². The highest BCUT2D eigenvalue weighted by Gasteiger charge is 1.91. The van der Waals surface area contributed by atoms with Gasteiger partial charge in [0.1, 0.15) is 0 Å². The minimum Gasteiger partial charge on any atom is -0.412 e. The molecule has 0 aromatic heterocycles. The van der Waals surface area contributed by atoms with Gasteiger partial charge in [-0.3, -0.25) is 0 Å². The zero-order valence-electron chi connectivity index (χ0n) is 4.93. The Bertz CT molecular complexity index is 69.5. The molecule has 2 N–H and O–H groups in total. The van der Waals surface area contributed by atoms with Crippen LogP contribution in [0, 0.1) is 0 Å². The molecule has 0 spiro atoms. The van der Waals surface area contributed by atoms with Crippen LogP contribution in [-0.2, 0) is 0 Å². The first-order valence-electron chi connectivity index (χ1n) is 2.22. The maximum Gasteiger partial charge on any atom is 0.216 e. The molecule has 1 nitrogen and oxygen atoms in total. The highest BCUT2D eigenvalue weighted by Crippen LogP contribution is 1.82. The normalized spacial score (nSPS) is 6.00. The van der Waals surface area contributed by atoms with Crippen LogP contribution < -0.4 is 0 Å². The van der Waals surface area contributed by atoms with Gasteiger partial charge in [-0.15, -0.1) is 37.7 Å². The molecule has 0 aliphatic heterocycles. The lowest BCUT2D eigenvalue weighted by Gasteiger charge is -1.85. The SMILES string of the molecule is C=CB(C=C)C=C.O. The van der Waals surface area contributed by atoms with Crippen molar-refractivity contribution in [1.82, 2.24) is 0 Å². The van der Waals surface area contributed by atoms with Crippen molar-refractivity contribution in [2.45, 2.75) is 0 Å². The van der Waals surface area contributed by atoms with Crippen molar-refractivity contribution in [3.05, 3.63) is 37.7 Å². The molecule has 0 heterocycles. The van der Waals surface area contributed by atoms with Crippen molar-refractivity contribution < 1.29 is 5.48 Å². The highest BCUT2D eigenvalue weighted by molar-refractivity contribution is 6.73. The molecule has 0 aromatic carbocycles. The van der Waals surface area contributed by atoms with Crippen LogP contribution in [0.2, 0.25) is 0 Å². The monoisotopic (exact) mass is 110 g/mol. The molecule has 0 radical (unpaired) electrons. The Morgan fingerprint density at radius 2 is 1.12 bits per heavy atom. The van der Waals surface area contributed by atoms with E-state index in [1.807, 2.05) is 0 Å². The molecular weight excluding hydrogens is 98.9 g/mol. The maximum absolute atomic E-state index is 3.56. The fourth-order valence-corrected chi connectivity index (χ4v) is 0.289. The zero-order valence-corrected chi connectivity index (χ0v) is 4.93. The summed E-state index contributed by atoms with van der Waals surface area (Å²) in [5, 5.41) is 0. The molecule has 0 bridgehead atoms. The first kappa shape index (κ1) is 10.3. The van der Waals surface area contributed by atoms with E-state index in [0.29, 0.717) is 0 Å². The molecular formula is C6H11BO. The largest absolute Gasteiger partial charge is 0.412 e. The van der Waals surface area contributed by atoms with E-state index in [0.717, 1.165) is 0 Å². The van der Waals surface area contributed by atoms with Crippen LogP contribution in [-0.4, -0.2) is 12.2 Å². The van der Waals surface area contributed by atoms with Gasteiger partial charge in [-0.05, 0) is 0 Å². The summed E-state index contributed by atoms with van der Waals surface area (Å²) < 4.78 is 0. The molecule has 2 heteroatoms. The summed E-state index contributed by atoms with van der Waals surface area (Å²) in [5.41, 5.74) is 0. The van der Waals surface area contributed by atoms with Crippen LogP contribution in [0.5, 0.6) is 0 Å². The van der Waals surface area contributed by atoms with Gasteiger partial charge in [-0.25, -0.2) is 0 Å². The average molecular weight is 110 g/mol. The van der Waals surface area contributed by atoms with Crippen molar-refractivity contribution in [3.8, 4) is 0 Å². The first-order chi connectivity index (χ1) is 3.35. The smallest absolute Gasteiger partial charge is 0.216 e. The topological polar surface area (TPSA) is 31.5 Å². The fourth-order valence-electron chi connectivity index (χ4n) is 0.289. The molecule has 8 heavy (non-hydrogen) atoms. The molecule has 0 aliphatic carbocycles. The van der Waals surface area contributed by atoms with E-state index in [2.05, 4.69) is 19.7 Å². The highest BCUT2D eigenvalue weighted by atomic mass is 16.0. The third kappa shape index (κ3) is 3.44. The Balaban J connectivity index is 0.